The Morgan fingerprint density at radius 3 is 1.38 bits per heavy atom. The zero-order chi connectivity index (χ0) is 44.8. The summed E-state index contributed by atoms with van der Waals surface area (Å²) in [5.74, 6) is -1.92. The standard InChI is InChI=1S/C22H30N4O3.C20H26N4O3.C2HF3O2/c1-2-28-22(27)20-21(24-25-23-20)29-19-10-8-16(9-11-19)17-12-14-26(15-13-17)18-6-4-3-5-7-18;25-20(26)18-19(22-23-21-18)27-17-8-6-14(7-9-17)15-10-12-24(13-11-15)16-4-2-1-3-5-16;3-2(4,5)1(6)7/h8-11,17-18H,2-7,12-15H2,1H3,(H,23,24,25);6-9,15-16H,1-5,10-13H2,(H,25,26)(H,21,22,23);(H,6,7). The van der Waals surface area contributed by atoms with E-state index in [0.717, 1.165) is 12.1 Å². The number of hydrogen-bond donors (Lipinski definition) is 4. The quantitative estimate of drug-likeness (QED) is 0.104. The maximum Gasteiger partial charge on any atom is 0.490 e. The molecular weight excluding hydrogens is 826 g/mol. The Bertz CT molecular complexity index is 2030. The van der Waals surface area contributed by atoms with Crippen LogP contribution in [-0.2, 0) is 9.53 Å². The first-order valence-corrected chi connectivity index (χ1v) is 22.0. The van der Waals surface area contributed by atoms with Crippen LogP contribution < -0.4 is 9.47 Å². The van der Waals surface area contributed by atoms with Crippen LogP contribution in [0.5, 0.6) is 23.3 Å². The van der Waals surface area contributed by atoms with Crippen LogP contribution in [0, 0.1) is 0 Å². The molecule has 2 aromatic carbocycles. The Morgan fingerprint density at radius 2 is 1.02 bits per heavy atom. The van der Waals surface area contributed by atoms with E-state index in [2.05, 4.69) is 64.9 Å². The van der Waals surface area contributed by atoms with Gasteiger partial charge in [-0.3, -0.25) is 0 Å². The van der Waals surface area contributed by atoms with Gasteiger partial charge < -0.3 is 34.2 Å². The highest BCUT2D eigenvalue weighted by Crippen LogP contribution is 2.35. The Morgan fingerprint density at radius 1 is 0.635 bits per heavy atom. The molecule has 4 aromatic rings. The zero-order valence-electron chi connectivity index (χ0n) is 35.5. The van der Waals surface area contributed by atoms with Crippen molar-refractivity contribution < 1.29 is 52.0 Å². The molecule has 2 aliphatic heterocycles. The van der Waals surface area contributed by atoms with E-state index in [1.54, 1.807) is 6.92 Å². The number of nitrogens with zero attached hydrogens (tertiary/aromatic N) is 6. The van der Waals surface area contributed by atoms with Gasteiger partial charge in [0, 0.05) is 12.1 Å². The molecule has 63 heavy (non-hydrogen) atoms. The van der Waals surface area contributed by atoms with Gasteiger partial charge in [-0.2, -0.15) is 13.2 Å². The molecule has 0 amide bonds. The van der Waals surface area contributed by atoms with Gasteiger partial charge in [0.15, 0.2) is 0 Å². The Hall–Kier alpha value is -5.56. The molecule has 16 nitrogen and oxygen atoms in total. The average molecular weight is 883 g/mol. The Balaban J connectivity index is 0.000000183. The lowest BCUT2D eigenvalue weighted by Crippen LogP contribution is -2.41. The lowest BCUT2D eigenvalue weighted by atomic mass is 9.87. The van der Waals surface area contributed by atoms with E-state index in [9.17, 15) is 22.8 Å². The summed E-state index contributed by atoms with van der Waals surface area (Å²) in [4.78, 5) is 37.3. The molecule has 4 N–H and O–H groups in total. The van der Waals surface area contributed by atoms with Crippen LogP contribution in [0.3, 0.4) is 0 Å². The number of nitrogens with one attached hydrogen (secondary N) is 2. The minimum absolute atomic E-state index is 0.0176. The normalized spacial score (nSPS) is 18.6. The van der Waals surface area contributed by atoms with Gasteiger partial charge in [-0.1, -0.05) is 83.4 Å². The third-order valence-corrected chi connectivity index (χ3v) is 12.3. The first-order valence-electron chi connectivity index (χ1n) is 22.0. The number of rotatable bonds is 11. The summed E-state index contributed by atoms with van der Waals surface area (Å²) in [6, 6.07) is 17.7. The first kappa shape index (κ1) is 46.9. The number of hydrogen-bond acceptors (Lipinski definition) is 12. The predicted molar refractivity (Wildman–Crippen MR) is 223 cm³/mol. The molecule has 4 heterocycles. The number of benzene rings is 2. The molecule has 0 spiro atoms. The smallest absolute Gasteiger partial charge is 0.476 e. The second-order valence-electron chi connectivity index (χ2n) is 16.4. The van der Waals surface area contributed by atoms with Crippen molar-refractivity contribution in [3.05, 3.63) is 71.0 Å². The molecule has 0 bridgehead atoms. The topological polar surface area (TPSA) is 209 Å². The highest BCUT2D eigenvalue weighted by atomic mass is 19.4. The predicted octanol–water partition coefficient (Wildman–Crippen LogP) is 8.73. The summed E-state index contributed by atoms with van der Waals surface area (Å²) in [6.07, 6.45) is 13.6. The summed E-state index contributed by atoms with van der Waals surface area (Å²) in [7, 11) is 0. The number of aromatic amines is 2. The molecule has 4 aliphatic rings. The number of alkyl halides is 3. The van der Waals surface area contributed by atoms with E-state index >= 15 is 0 Å². The molecular formula is C44H57F3N8O8. The summed E-state index contributed by atoms with van der Waals surface area (Å²) in [5.41, 5.74) is 2.66. The fraction of sp³-hybridized carbons (Fsp3) is 0.568. The van der Waals surface area contributed by atoms with Gasteiger partial charge in [-0.05, 0) is 132 Å². The van der Waals surface area contributed by atoms with Crippen molar-refractivity contribution in [1.29, 1.82) is 0 Å². The SMILES string of the molecule is CCOC(=O)c1[nH]nnc1Oc1ccc(C2CCN(C3CCCCC3)CC2)cc1.O=C(O)C(F)(F)F.O=C(O)c1[nH]nnc1Oc1ccc(C2CCN(C3CCCCC3)CC2)cc1. The van der Waals surface area contributed by atoms with Gasteiger partial charge in [0.2, 0.25) is 11.4 Å². The number of ether oxygens (including phenoxy) is 3. The number of aromatic nitrogens is 6. The number of likely N-dealkylation sites (tertiary alicyclic amines) is 2. The van der Waals surface area contributed by atoms with Crippen LogP contribution in [0.2, 0.25) is 0 Å². The number of halogens is 3. The van der Waals surface area contributed by atoms with Gasteiger partial charge >= 0.3 is 24.1 Å². The van der Waals surface area contributed by atoms with Crippen LogP contribution >= 0.6 is 0 Å². The van der Waals surface area contributed by atoms with E-state index in [-0.39, 0.29) is 29.8 Å². The summed E-state index contributed by atoms with van der Waals surface area (Å²) >= 11 is 0. The maximum absolute atomic E-state index is 11.9. The van der Waals surface area contributed by atoms with E-state index in [1.165, 1.54) is 127 Å². The monoisotopic (exact) mass is 882 g/mol. The number of carbonyl (C=O) groups is 3. The second-order valence-corrected chi connectivity index (χ2v) is 16.4. The molecule has 2 saturated heterocycles. The molecule has 0 atom stereocenters. The molecule has 0 unspecified atom stereocenters. The molecule has 2 aliphatic carbocycles. The minimum Gasteiger partial charge on any atom is -0.476 e. The molecule has 2 aromatic heterocycles. The average Bonchev–Trinajstić information content (AvgIpc) is 3.98. The van der Waals surface area contributed by atoms with Crippen molar-refractivity contribution in [1.82, 2.24) is 40.6 Å². The number of piperidine rings is 2. The number of carbonyl (C=O) groups excluding carboxylic acids is 1. The minimum atomic E-state index is -5.08. The highest BCUT2D eigenvalue weighted by molar-refractivity contribution is 5.89. The largest absolute Gasteiger partial charge is 0.490 e. The van der Waals surface area contributed by atoms with Crippen molar-refractivity contribution in [3.8, 4) is 23.3 Å². The molecule has 4 fully saturated rings. The lowest BCUT2D eigenvalue weighted by Gasteiger charge is -2.39. The van der Waals surface area contributed by atoms with Crippen molar-refractivity contribution in [2.24, 2.45) is 0 Å². The molecule has 2 saturated carbocycles. The first-order chi connectivity index (χ1) is 30.4. The second kappa shape index (κ2) is 22.7. The van der Waals surface area contributed by atoms with Gasteiger partial charge in [0.05, 0.1) is 6.61 Å². The molecule has 8 rings (SSSR count). The third-order valence-electron chi connectivity index (χ3n) is 12.3. The summed E-state index contributed by atoms with van der Waals surface area (Å²) in [6.45, 7) is 6.82. The summed E-state index contributed by atoms with van der Waals surface area (Å²) < 4.78 is 48.0. The Kier molecular flexibility index (Phi) is 16.9. The fourth-order valence-corrected chi connectivity index (χ4v) is 8.98. The third kappa shape index (κ3) is 13.5. The van der Waals surface area contributed by atoms with Gasteiger partial charge in [0.1, 0.15) is 11.5 Å². The van der Waals surface area contributed by atoms with Crippen LogP contribution in [0.15, 0.2) is 48.5 Å². The van der Waals surface area contributed by atoms with Crippen LogP contribution in [-0.4, -0.2) is 120 Å². The zero-order valence-corrected chi connectivity index (χ0v) is 35.5. The Labute approximate surface area is 363 Å². The van der Waals surface area contributed by atoms with Gasteiger partial charge in [-0.15, -0.1) is 0 Å². The van der Waals surface area contributed by atoms with E-state index < -0.39 is 24.1 Å². The van der Waals surface area contributed by atoms with Crippen molar-refractivity contribution in [3.63, 3.8) is 0 Å². The fourth-order valence-electron chi connectivity index (χ4n) is 8.98. The summed E-state index contributed by atoms with van der Waals surface area (Å²) in [5, 5.41) is 35.7. The van der Waals surface area contributed by atoms with Crippen molar-refractivity contribution in [2.75, 3.05) is 32.8 Å². The van der Waals surface area contributed by atoms with Gasteiger partial charge in [-0.25, -0.2) is 24.6 Å². The highest BCUT2D eigenvalue weighted by Gasteiger charge is 2.38. The number of aliphatic carboxylic acids is 1. The van der Waals surface area contributed by atoms with Crippen LogP contribution in [0.4, 0.5) is 13.2 Å². The number of H-pyrrole nitrogens is 2. The molecule has 19 heteroatoms. The van der Waals surface area contributed by atoms with Crippen molar-refractivity contribution in [2.45, 2.75) is 127 Å². The van der Waals surface area contributed by atoms with Gasteiger partial charge in [0.25, 0.3) is 11.8 Å². The van der Waals surface area contributed by atoms with E-state index in [0.29, 0.717) is 23.3 Å². The number of esters is 1. The molecule has 342 valence electrons. The number of carboxylic acids is 2. The van der Waals surface area contributed by atoms with Crippen LogP contribution in [0.25, 0.3) is 0 Å². The lowest BCUT2D eigenvalue weighted by molar-refractivity contribution is -0.192. The van der Waals surface area contributed by atoms with E-state index in [4.69, 9.17) is 29.2 Å². The van der Waals surface area contributed by atoms with Crippen LogP contribution in [0.1, 0.15) is 141 Å². The number of aromatic carboxylic acids is 1. The maximum atomic E-state index is 11.9. The number of carboxylic acid groups (broad SMARTS) is 2. The van der Waals surface area contributed by atoms with Crippen molar-refractivity contribution >= 4 is 17.9 Å². The van der Waals surface area contributed by atoms with E-state index in [1.807, 2.05) is 24.3 Å². The molecule has 0 radical (unpaired) electrons.